The third-order valence-corrected chi connectivity index (χ3v) is 3.77. The molecule has 0 aliphatic rings. The van der Waals surface area contributed by atoms with Crippen molar-refractivity contribution in [2.24, 2.45) is 0 Å². The first-order valence-corrected chi connectivity index (χ1v) is 8.06. The monoisotopic (exact) mass is 326 g/mol. The average molecular weight is 328 g/mol. The Morgan fingerprint density at radius 2 is 1.94 bits per heavy atom. The van der Waals surface area contributed by atoms with Gasteiger partial charge in [-0.05, 0) is 40.9 Å². The van der Waals surface area contributed by atoms with E-state index in [0.717, 1.165) is 10.2 Å². The number of unbranched alkanes of at least 4 members (excludes halogenated alkanes) is 1. The molecule has 16 heavy (non-hydrogen) atoms. The lowest BCUT2D eigenvalue weighted by Gasteiger charge is -2.06. The minimum Gasteiger partial charge on any atom is -0.492 e. The maximum absolute atomic E-state index is 10.6. The van der Waals surface area contributed by atoms with Crippen LogP contribution in [0.1, 0.15) is 12.8 Å². The molecule has 0 aliphatic carbocycles. The zero-order chi connectivity index (χ0) is 12.0. The molecule has 0 radical (unpaired) electrons. The van der Waals surface area contributed by atoms with Crippen molar-refractivity contribution in [3.05, 3.63) is 28.7 Å². The molecular formula is C10H12BrClO3S. The van der Waals surface area contributed by atoms with E-state index >= 15 is 0 Å². The summed E-state index contributed by atoms with van der Waals surface area (Å²) in [5, 5.41) is 0. The second-order valence-corrected chi connectivity index (χ2v) is 6.98. The molecule has 0 bridgehead atoms. The van der Waals surface area contributed by atoms with Crippen molar-refractivity contribution in [3.8, 4) is 5.75 Å². The molecule has 1 aromatic carbocycles. The van der Waals surface area contributed by atoms with Gasteiger partial charge in [0.05, 0.1) is 16.8 Å². The summed E-state index contributed by atoms with van der Waals surface area (Å²) in [6.07, 6.45) is 1.17. The van der Waals surface area contributed by atoms with Crippen LogP contribution in [0.2, 0.25) is 0 Å². The van der Waals surface area contributed by atoms with Gasteiger partial charge in [-0.25, -0.2) is 8.42 Å². The number of halogens is 2. The van der Waals surface area contributed by atoms with E-state index in [1.807, 2.05) is 24.3 Å². The standard InChI is InChI=1S/C10H12BrClO3S/c11-9-5-1-2-6-10(9)15-7-3-4-8-16(12,13)14/h1-2,5-6H,3-4,7-8H2. The van der Waals surface area contributed by atoms with E-state index in [4.69, 9.17) is 15.4 Å². The number of ether oxygens (including phenoxy) is 1. The van der Waals surface area contributed by atoms with Crippen molar-refractivity contribution < 1.29 is 13.2 Å². The summed E-state index contributed by atoms with van der Waals surface area (Å²) < 4.78 is 27.6. The molecule has 0 N–H and O–H groups in total. The highest BCUT2D eigenvalue weighted by atomic mass is 79.9. The maximum atomic E-state index is 10.6. The molecular weight excluding hydrogens is 316 g/mol. The Labute approximate surface area is 108 Å². The molecule has 3 nitrogen and oxygen atoms in total. The van der Waals surface area contributed by atoms with E-state index in [0.29, 0.717) is 19.4 Å². The Balaban J connectivity index is 2.24. The first-order valence-electron chi connectivity index (χ1n) is 4.79. The smallest absolute Gasteiger partial charge is 0.232 e. The van der Waals surface area contributed by atoms with Crippen molar-refractivity contribution >= 4 is 35.7 Å². The fraction of sp³-hybridized carbons (Fsp3) is 0.400. The van der Waals surface area contributed by atoms with Crippen molar-refractivity contribution in [1.82, 2.24) is 0 Å². The number of para-hydroxylation sites is 1. The van der Waals surface area contributed by atoms with Crippen LogP contribution in [0.4, 0.5) is 0 Å². The maximum Gasteiger partial charge on any atom is 0.232 e. The highest BCUT2D eigenvalue weighted by molar-refractivity contribution is 9.10. The molecule has 0 saturated heterocycles. The van der Waals surface area contributed by atoms with Crippen molar-refractivity contribution in [1.29, 1.82) is 0 Å². The van der Waals surface area contributed by atoms with Crippen LogP contribution in [0.3, 0.4) is 0 Å². The summed E-state index contributed by atoms with van der Waals surface area (Å²) in [6, 6.07) is 7.52. The average Bonchev–Trinajstić information content (AvgIpc) is 2.18. The molecule has 0 saturated carbocycles. The molecule has 1 aromatic rings. The van der Waals surface area contributed by atoms with Crippen LogP contribution in [-0.4, -0.2) is 20.8 Å². The molecule has 6 heteroatoms. The van der Waals surface area contributed by atoms with Gasteiger partial charge < -0.3 is 4.74 Å². The fourth-order valence-corrected chi connectivity index (χ4v) is 2.40. The van der Waals surface area contributed by atoms with Gasteiger partial charge in [0, 0.05) is 10.7 Å². The number of hydrogen-bond acceptors (Lipinski definition) is 3. The Hall–Kier alpha value is -0.260. The van der Waals surface area contributed by atoms with Gasteiger partial charge in [-0.15, -0.1) is 0 Å². The van der Waals surface area contributed by atoms with Crippen LogP contribution in [0.25, 0.3) is 0 Å². The van der Waals surface area contributed by atoms with Gasteiger partial charge in [-0.3, -0.25) is 0 Å². The van der Waals surface area contributed by atoms with Gasteiger partial charge >= 0.3 is 0 Å². The van der Waals surface area contributed by atoms with Crippen LogP contribution in [0.5, 0.6) is 5.75 Å². The van der Waals surface area contributed by atoms with E-state index < -0.39 is 9.05 Å². The topological polar surface area (TPSA) is 43.4 Å². The molecule has 0 aromatic heterocycles. The highest BCUT2D eigenvalue weighted by Gasteiger charge is 2.04. The summed E-state index contributed by atoms with van der Waals surface area (Å²) in [7, 11) is 1.71. The van der Waals surface area contributed by atoms with Crippen molar-refractivity contribution in [3.63, 3.8) is 0 Å². The summed E-state index contributed by atoms with van der Waals surface area (Å²) in [6.45, 7) is 0.481. The number of hydrogen-bond donors (Lipinski definition) is 0. The predicted octanol–water partition coefficient (Wildman–Crippen LogP) is 3.18. The van der Waals surface area contributed by atoms with E-state index in [1.165, 1.54) is 0 Å². The van der Waals surface area contributed by atoms with Gasteiger partial charge in [0.15, 0.2) is 0 Å². The molecule has 0 amide bonds. The van der Waals surface area contributed by atoms with Crippen LogP contribution in [-0.2, 0) is 9.05 Å². The minimum atomic E-state index is -3.37. The molecule has 0 fully saturated rings. The Bertz CT molecular complexity index is 433. The first kappa shape index (κ1) is 13.8. The van der Waals surface area contributed by atoms with Crippen LogP contribution in [0.15, 0.2) is 28.7 Å². The molecule has 1 rings (SSSR count). The second kappa shape index (κ2) is 6.47. The van der Waals surface area contributed by atoms with Crippen molar-refractivity contribution in [2.75, 3.05) is 12.4 Å². The van der Waals surface area contributed by atoms with E-state index in [-0.39, 0.29) is 5.75 Å². The van der Waals surface area contributed by atoms with E-state index in [1.54, 1.807) is 0 Å². The lowest BCUT2D eigenvalue weighted by Crippen LogP contribution is -2.02. The highest BCUT2D eigenvalue weighted by Crippen LogP contribution is 2.23. The Morgan fingerprint density at radius 3 is 2.56 bits per heavy atom. The van der Waals surface area contributed by atoms with Gasteiger partial charge in [0.25, 0.3) is 0 Å². The van der Waals surface area contributed by atoms with E-state index in [2.05, 4.69) is 15.9 Å². The third-order valence-electron chi connectivity index (χ3n) is 1.88. The lowest BCUT2D eigenvalue weighted by molar-refractivity contribution is 0.308. The van der Waals surface area contributed by atoms with E-state index in [9.17, 15) is 8.42 Å². The predicted molar refractivity (Wildman–Crippen MR) is 68.5 cm³/mol. The molecule has 0 aliphatic heterocycles. The van der Waals surface area contributed by atoms with Crippen LogP contribution < -0.4 is 4.74 Å². The second-order valence-electron chi connectivity index (χ2n) is 3.23. The minimum absolute atomic E-state index is 0.00608. The number of benzene rings is 1. The Kier molecular flexibility index (Phi) is 5.58. The Morgan fingerprint density at radius 1 is 1.25 bits per heavy atom. The third kappa shape index (κ3) is 5.72. The zero-order valence-electron chi connectivity index (χ0n) is 8.53. The van der Waals surface area contributed by atoms with Crippen molar-refractivity contribution in [2.45, 2.75) is 12.8 Å². The van der Waals surface area contributed by atoms with Gasteiger partial charge in [-0.1, -0.05) is 12.1 Å². The molecule has 0 atom stereocenters. The normalized spacial score (nSPS) is 11.4. The summed E-state index contributed by atoms with van der Waals surface area (Å²) in [5.74, 6) is 0.754. The fourth-order valence-electron chi connectivity index (χ4n) is 1.12. The van der Waals surface area contributed by atoms with Gasteiger partial charge in [-0.2, -0.15) is 0 Å². The summed E-state index contributed by atoms with van der Waals surface area (Å²) >= 11 is 3.36. The molecule has 90 valence electrons. The molecule has 0 spiro atoms. The molecule has 0 unspecified atom stereocenters. The van der Waals surface area contributed by atoms with Crippen LogP contribution in [0, 0.1) is 0 Å². The number of rotatable bonds is 6. The van der Waals surface area contributed by atoms with Gasteiger partial charge in [0.1, 0.15) is 5.75 Å². The summed E-state index contributed by atoms with van der Waals surface area (Å²) in [5.41, 5.74) is 0. The first-order chi connectivity index (χ1) is 7.49. The summed E-state index contributed by atoms with van der Waals surface area (Å²) in [4.78, 5) is 0. The largest absolute Gasteiger partial charge is 0.492 e. The SMILES string of the molecule is O=S(=O)(Cl)CCCCOc1ccccc1Br. The lowest BCUT2D eigenvalue weighted by atomic mass is 10.3. The molecule has 0 heterocycles. The van der Waals surface area contributed by atoms with Gasteiger partial charge in [0.2, 0.25) is 9.05 Å². The van der Waals surface area contributed by atoms with Crippen LogP contribution >= 0.6 is 26.6 Å². The zero-order valence-corrected chi connectivity index (χ0v) is 11.7. The quantitative estimate of drug-likeness (QED) is 0.595.